The molecule has 1 amide bonds. The Balaban J connectivity index is 0.000000288. The number of aliphatic carboxylic acids is 3. The van der Waals surface area contributed by atoms with E-state index in [1.807, 2.05) is 19.9 Å². The average Bonchev–Trinajstić information content (AvgIpc) is 3.04. The Hall–Kier alpha value is -5.76. The van der Waals surface area contributed by atoms with Gasteiger partial charge in [0.2, 0.25) is 5.91 Å². The molecule has 1 aliphatic carbocycles. The summed E-state index contributed by atoms with van der Waals surface area (Å²) in [5.74, 6) is -4.61. The van der Waals surface area contributed by atoms with Gasteiger partial charge < -0.3 is 35.3 Å². The molecule has 2 aliphatic rings. The fourth-order valence-electron chi connectivity index (χ4n) is 5.59. The molecule has 1 unspecified atom stereocenters. The molecular weight excluding hydrogens is 652 g/mol. The van der Waals surface area contributed by atoms with Crippen LogP contribution in [-0.2, 0) is 32.0 Å². The number of hydrogen-bond donors (Lipinski definition) is 6. The molecule has 4 rings (SSSR count). The van der Waals surface area contributed by atoms with E-state index in [0.717, 1.165) is 10.5 Å². The summed E-state index contributed by atoms with van der Waals surface area (Å²) in [6.45, 7) is 4.27. The molecule has 0 saturated heterocycles. The lowest BCUT2D eigenvalue weighted by molar-refractivity contribution is -0.149. The van der Waals surface area contributed by atoms with Gasteiger partial charge in [-0.25, -0.2) is 4.79 Å². The van der Waals surface area contributed by atoms with Crippen LogP contribution in [0.15, 0.2) is 57.7 Å². The van der Waals surface area contributed by atoms with Gasteiger partial charge in [0.05, 0.1) is 18.7 Å². The summed E-state index contributed by atoms with van der Waals surface area (Å²) in [4.78, 5) is 68.4. The molecule has 0 fully saturated rings. The van der Waals surface area contributed by atoms with Gasteiger partial charge in [-0.05, 0) is 61.4 Å². The minimum atomic E-state index is -1.29. The minimum absolute atomic E-state index is 0.105. The van der Waals surface area contributed by atoms with Gasteiger partial charge in [0.25, 0.3) is 0 Å². The molecule has 0 saturated carbocycles. The first-order valence-corrected chi connectivity index (χ1v) is 15.9. The second kappa shape index (κ2) is 17.6. The number of carbonyl (C=O) groups is 5. The first-order chi connectivity index (χ1) is 23.7. The van der Waals surface area contributed by atoms with Gasteiger partial charge in [-0.2, -0.15) is 0 Å². The first kappa shape index (κ1) is 38.7. The molecular formula is C36H40N2O12. The number of aromatic carboxylic acids is 1. The third kappa shape index (κ3) is 9.89. The standard InChI is InChI=1S/C24H20O5.C12H20N2O7/c1-3-13-9-17-21(11-19(13)25)29-22-12-20(26)14(4-2)10-18(22)23(17)15-7-5-6-8-16(15)24(27)28;1-8(15)13-5-3-2-4-9(12(20)21)14(6-10(16)17)7-11(18)19/h5-12,25H,3-4H2,1-2H3,(H,27,28);9H,2-7H2,1H3,(H,13,15)(H,16,17)(H,18,19)(H,20,21). The number of unbranched alkanes of at least 4 members (excludes halogenated alkanes) is 1. The zero-order valence-electron chi connectivity index (χ0n) is 27.9. The summed E-state index contributed by atoms with van der Waals surface area (Å²) in [6.07, 6.45) is 2.22. The number of carboxylic acids is 4. The number of carboxylic acid groups (broad SMARTS) is 4. The van der Waals surface area contributed by atoms with Crippen molar-refractivity contribution in [1.82, 2.24) is 10.2 Å². The largest absolute Gasteiger partial charge is 0.508 e. The maximum atomic E-state index is 12.4. The Kier molecular flexibility index (Phi) is 13.6. The van der Waals surface area contributed by atoms with E-state index in [4.69, 9.17) is 19.7 Å². The quantitative estimate of drug-likeness (QED) is 0.0754. The van der Waals surface area contributed by atoms with Crippen LogP contribution in [0.2, 0.25) is 0 Å². The number of amides is 1. The SMILES string of the molecule is CC(=O)NCCCCC(C(=O)O)N(CC(=O)O)CC(=O)O.CCc1cc2c(-c3ccccc3C(=O)O)c3cc(CC)c(=O)cc-3oc2cc1O. The topological polar surface area (TPSA) is 232 Å². The fraction of sp³-hybridized carbons (Fsp3) is 0.333. The van der Waals surface area contributed by atoms with Gasteiger partial charge in [0.15, 0.2) is 5.43 Å². The highest BCUT2D eigenvalue weighted by Gasteiger charge is 2.28. The number of benzene rings is 3. The zero-order valence-corrected chi connectivity index (χ0v) is 27.9. The Morgan fingerprint density at radius 1 is 0.840 bits per heavy atom. The van der Waals surface area contributed by atoms with Crippen molar-refractivity contribution in [2.24, 2.45) is 0 Å². The highest BCUT2D eigenvalue weighted by molar-refractivity contribution is 6.07. The number of carbonyl (C=O) groups excluding carboxylic acids is 1. The monoisotopic (exact) mass is 692 g/mol. The predicted molar refractivity (Wildman–Crippen MR) is 183 cm³/mol. The second-order valence-corrected chi connectivity index (χ2v) is 11.5. The minimum Gasteiger partial charge on any atom is -0.508 e. The summed E-state index contributed by atoms with van der Waals surface area (Å²) in [5.41, 5.74) is 3.70. The number of nitrogens with one attached hydrogen (secondary N) is 1. The third-order valence-electron chi connectivity index (χ3n) is 7.97. The molecule has 0 bridgehead atoms. The third-order valence-corrected chi connectivity index (χ3v) is 7.97. The summed E-state index contributed by atoms with van der Waals surface area (Å²) < 4.78 is 5.96. The van der Waals surface area contributed by atoms with Crippen molar-refractivity contribution in [3.8, 4) is 28.2 Å². The fourth-order valence-corrected chi connectivity index (χ4v) is 5.59. The number of fused-ring (bicyclic) bond motifs is 2. The second-order valence-electron chi connectivity index (χ2n) is 11.5. The molecule has 1 heterocycles. The summed E-state index contributed by atoms with van der Waals surface area (Å²) >= 11 is 0. The number of nitrogens with zero attached hydrogens (tertiary/aromatic N) is 1. The van der Waals surface area contributed by atoms with Gasteiger partial charge in [-0.3, -0.25) is 28.9 Å². The number of phenols is 1. The lowest BCUT2D eigenvalue weighted by atomic mass is 9.89. The van der Waals surface area contributed by atoms with Gasteiger partial charge in [0.1, 0.15) is 23.1 Å². The summed E-state index contributed by atoms with van der Waals surface area (Å²) in [7, 11) is 0. The van der Waals surface area contributed by atoms with Crippen LogP contribution in [0.5, 0.6) is 5.75 Å². The molecule has 14 nitrogen and oxygen atoms in total. The van der Waals surface area contributed by atoms with Crippen LogP contribution >= 0.6 is 0 Å². The van der Waals surface area contributed by atoms with Crippen molar-refractivity contribution in [1.29, 1.82) is 0 Å². The normalized spacial score (nSPS) is 11.5. The van der Waals surface area contributed by atoms with Crippen LogP contribution in [0.1, 0.15) is 61.5 Å². The Morgan fingerprint density at radius 2 is 1.48 bits per heavy atom. The van der Waals surface area contributed by atoms with Crippen LogP contribution in [0.3, 0.4) is 0 Å². The van der Waals surface area contributed by atoms with Crippen molar-refractivity contribution in [3.63, 3.8) is 0 Å². The maximum absolute atomic E-state index is 12.4. The Bertz CT molecular complexity index is 1900. The van der Waals surface area contributed by atoms with Crippen molar-refractivity contribution in [3.05, 3.63) is 75.4 Å². The number of rotatable bonds is 15. The Labute approximate surface area is 286 Å². The molecule has 14 heteroatoms. The lowest BCUT2D eigenvalue weighted by Gasteiger charge is -2.25. The molecule has 0 radical (unpaired) electrons. The molecule has 6 N–H and O–H groups in total. The van der Waals surface area contributed by atoms with Gasteiger partial charge >= 0.3 is 23.9 Å². The van der Waals surface area contributed by atoms with E-state index >= 15 is 0 Å². The zero-order chi connectivity index (χ0) is 37.1. The molecule has 1 atom stereocenters. The number of aryl methyl sites for hydroxylation is 2. The van der Waals surface area contributed by atoms with Crippen LogP contribution in [0, 0.1) is 0 Å². The molecule has 0 aromatic heterocycles. The molecule has 2 aromatic rings. The number of aromatic hydroxyl groups is 1. The highest BCUT2D eigenvalue weighted by atomic mass is 16.4. The van der Waals surface area contributed by atoms with Crippen molar-refractivity contribution in [2.75, 3.05) is 19.6 Å². The highest BCUT2D eigenvalue weighted by Crippen LogP contribution is 2.43. The smallest absolute Gasteiger partial charge is 0.336 e. The van der Waals surface area contributed by atoms with E-state index in [1.165, 1.54) is 19.1 Å². The van der Waals surface area contributed by atoms with Crippen LogP contribution in [0.25, 0.3) is 33.4 Å². The van der Waals surface area contributed by atoms with E-state index in [9.17, 15) is 39.0 Å². The van der Waals surface area contributed by atoms with E-state index < -0.39 is 43.0 Å². The van der Waals surface area contributed by atoms with E-state index in [0.29, 0.717) is 71.2 Å². The predicted octanol–water partition coefficient (Wildman–Crippen LogP) is 4.31. The van der Waals surface area contributed by atoms with Gasteiger partial charge in [-0.15, -0.1) is 0 Å². The number of hydrogen-bond acceptors (Lipinski definition) is 9. The van der Waals surface area contributed by atoms with Gasteiger partial charge in [0, 0.05) is 47.7 Å². The average molecular weight is 693 g/mol. The van der Waals surface area contributed by atoms with E-state index in [1.54, 1.807) is 30.3 Å². The first-order valence-electron chi connectivity index (χ1n) is 15.9. The van der Waals surface area contributed by atoms with Crippen LogP contribution in [0.4, 0.5) is 0 Å². The van der Waals surface area contributed by atoms with E-state index in [2.05, 4.69) is 5.32 Å². The lowest BCUT2D eigenvalue weighted by Crippen LogP contribution is -2.46. The number of phenolic OH excluding ortho intramolecular Hbond substituents is 1. The van der Waals surface area contributed by atoms with E-state index in [-0.39, 0.29) is 29.1 Å². The summed E-state index contributed by atoms with van der Waals surface area (Å²) in [6, 6.07) is 12.2. The maximum Gasteiger partial charge on any atom is 0.336 e. The van der Waals surface area contributed by atoms with Crippen LogP contribution in [-0.4, -0.2) is 85.9 Å². The van der Waals surface area contributed by atoms with Gasteiger partial charge in [-0.1, -0.05) is 32.0 Å². The molecule has 0 spiro atoms. The molecule has 2 aromatic carbocycles. The molecule has 266 valence electrons. The Morgan fingerprint density at radius 3 is 2.04 bits per heavy atom. The van der Waals surface area contributed by atoms with Crippen molar-refractivity contribution < 1.29 is 53.9 Å². The van der Waals surface area contributed by atoms with Crippen molar-refractivity contribution >= 4 is 40.8 Å². The molecule has 50 heavy (non-hydrogen) atoms. The summed E-state index contributed by atoms with van der Waals surface area (Å²) in [5, 5.41) is 49.9. The molecule has 1 aliphatic heterocycles. The van der Waals surface area contributed by atoms with Crippen molar-refractivity contribution in [2.45, 2.75) is 58.9 Å². The van der Waals surface area contributed by atoms with Crippen LogP contribution < -0.4 is 10.7 Å².